The molecule has 0 saturated carbocycles. The lowest BCUT2D eigenvalue weighted by atomic mass is 9.99. The summed E-state index contributed by atoms with van der Waals surface area (Å²) in [6.45, 7) is 6.02. The van der Waals surface area contributed by atoms with E-state index >= 15 is 0 Å². The Hall–Kier alpha value is -0.640. The highest BCUT2D eigenvalue weighted by atomic mass is 35.5. The molecule has 0 amide bonds. The van der Waals surface area contributed by atoms with Crippen LogP contribution < -0.4 is 5.32 Å². The number of hydrogen-bond acceptors (Lipinski definition) is 2. The van der Waals surface area contributed by atoms with Crippen molar-refractivity contribution in [3.8, 4) is 0 Å². The van der Waals surface area contributed by atoms with E-state index in [2.05, 4.69) is 17.1 Å². The van der Waals surface area contributed by atoms with Crippen molar-refractivity contribution in [3.05, 3.63) is 34.6 Å². The molecule has 1 aromatic carbocycles. The molecule has 1 heterocycles. The van der Waals surface area contributed by atoms with Crippen molar-refractivity contribution in [1.29, 1.82) is 0 Å². The van der Waals surface area contributed by atoms with Crippen LogP contribution in [0.5, 0.6) is 0 Å². The largest absolute Gasteiger partial charge is 0.314 e. The van der Waals surface area contributed by atoms with Crippen molar-refractivity contribution in [2.75, 3.05) is 26.2 Å². The molecule has 0 unspecified atom stereocenters. The molecule has 1 aliphatic rings. The molecule has 0 aliphatic carbocycles. The first-order valence-corrected chi connectivity index (χ1v) is 7.00. The molecule has 0 aromatic heterocycles. The highest BCUT2D eigenvalue weighted by Gasteiger charge is 2.23. The summed E-state index contributed by atoms with van der Waals surface area (Å²) in [5.74, 6) is -0.142. The number of halogens is 2. The van der Waals surface area contributed by atoms with E-state index in [9.17, 15) is 4.39 Å². The van der Waals surface area contributed by atoms with Gasteiger partial charge in [0.2, 0.25) is 0 Å². The molecule has 1 atom stereocenters. The van der Waals surface area contributed by atoms with Crippen molar-refractivity contribution >= 4 is 11.6 Å². The molecule has 2 nitrogen and oxygen atoms in total. The summed E-state index contributed by atoms with van der Waals surface area (Å²) >= 11 is 6.00. The van der Waals surface area contributed by atoms with Crippen molar-refractivity contribution in [2.45, 2.75) is 25.8 Å². The van der Waals surface area contributed by atoms with Gasteiger partial charge in [-0.25, -0.2) is 4.39 Å². The Balaban J connectivity index is 2.24. The summed E-state index contributed by atoms with van der Waals surface area (Å²) in [5, 5.41) is 3.94. The number of benzene rings is 1. The first kappa shape index (κ1) is 13.8. The molecule has 100 valence electrons. The third-order valence-corrected chi connectivity index (χ3v) is 3.71. The minimum atomic E-state index is -0.142. The second kappa shape index (κ2) is 6.50. The zero-order valence-corrected chi connectivity index (χ0v) is 11.5. The first-order valence-electron chi connectivity index (χ1n) is 6.62. The normalized spacial score (nSPS) is 18.8. The molecule has 2 rings (SSSR count). The fourth-order valence-electron chi connectivity index (χ4n) is 2.57. The number of nitrogens with one attached hydrogen (secondary N) is 1. The van der Waals surface area contributed by atoms with Crippen LogP contribution in [0, 0.1) is 5.82 Å². The predicted molar refractivity (Wildman–Crippen MR) is 73.5 cm³/mol. The molecule has 4 heteroatoms. The predicted octanol–water partition coefficient (Wildman–Crippen LogP) is 3.23. The van der Waals surface area contributed by atoms with Crippen LogP contribution in [0.3, 0.4) is 0 Å². The van der Waals surface area contributed by atoms with Crippen molar-refractivity contribution in [1.82, 2.24) is 10.2 Å². The van der Waals surface area contributed by atoms with E-state index in [1.165, 1.54) is 6.07 Å². The molecule has 18 heavy (non-hydrogen) atoms. The molecule has 0 spiro atoms. The van der Waals surface area contributed by atoms with Gasteiger partial charge in [0.15, 0.2) is 0 Å². The number of hydrogen-bond donors (Lipinski definition) is 1. The Morgan fingerprint density at radius 1 is 1.39 bits per heavy atom. The summed E-state index contributed by atoms with van der Waals surface area (Å²) in [6, 6.07) is 5.01. The van der Waals surface area contributed by atoms with E-state index in [0.717, 1.165) is 44.6 Å². The quantitative estimate of drug-likeness (QED) is 0.904. The smallest absolute Gasteiger partial charge is 0.128 e. The minimum absolute atomic E-state index is 0.142. The van der Waals surface area contributed by atoms with Gasteiger partial charge in [-0.1, -0.05) is 24.9 Å². The Bertz CT molecular complexity index is 391. The fraction of sp³-hybridized carbons (Fsp3) is 0.571. The van der Waals surface area contributed by atoms with E-state index in [1.54, 1.807) is 12.1 Å². The second-order valence-corrected chi connectivity index (χ2v) is 5.19. The van der Waals surface area contributed by atoms with Gasteiger partial charge in [0.1, 0.15) is 5.82 Å². The van der Waals surface area contributed by atoms with E-state index < -0.39 is 0 Å². The average Bonchev–Trinajstić information content (AvgIpc) is 2.40. The van der Waals surface area contributed by atoms with Crippen LogP contribution >= 0.6 is 11.6 Å². The van der Waals surface area contributed by atoms with Gasteiger partial charge >= 0.3 is 0 Å². The lowest BCUT2D eigenvalue weighted by molar-refractivity contribution is 0.161. The molecular weight excluding hydrogens is 251 g/mol. The topological polar surface area (TPSA) is 15.3 Å². The first-order chi connectivity index (χ1) is 8.72. The average molecular weight is 271 g/mol. The molecule has 0 radical (unpaired) electrons. The van der Waals surface area contributed by atoms with Crippen molar-refractivity contribution in [3.63, 3.8) is 0 Å². The summed E-state index contributed by atoms with van der Waals surface area (Å²) < 4.78 is 14.0. The van der Waals surface area contributed by atoms with Gasteiger partial charge in [-0.2, -0.15) is 0 Å². The lowest BCUT2D eigenvalue weighted by Gasteiger charge is -2.35. The number of nitrogens with zero attached hydrogens (tertiary/aromatic N) is 1. The molecule has 1 N–H and O–H groups in total. The van der Waals surface area contributed by atoms with E-state index in [4.69, 9.17) is 11.6 Å². The Morgan fingerprint density at radius 2 is 2.11 bits per heavy atom. The summed E-state index contributed by atoms with van der Waals surface area (Å²) in [5.41, 5.74) is 0.742. The summed E-state index contributed by atoms with van der Waals surface area (Å²) in [4.78, 5) is 2.36. The standard InChI is InChI=1S/C14H20ClFN2/c1-2-3-14(18-8-6-17-7-9-18)12-10-11(15)4-5-13(12)16/h4-5,10,14,17H,2-3,6-9H2,1H3/t14-/m0/s1. The molecule has 1 saturated heterocycles. The van der Waals surface area contributed by atoms with Crippen LogP contribution in [0.15, 0.2) is 18.2 Å². The molecule has 0 bridgehead atoms. The van der Waals surface area contributed by atoms with E-state index in [1.807, 2.05) is 0 Å². The zero-order valence-electron chi connectivity index (χ0n) is 10.8. The third-order valence-electron chi connectivity index (χ3n) is 3.47. The van der Waals surface area contributed by atoms with Crippen molar-refractivity contribution < 1.29 is 4.39 Å². The van der Waals surface area contributed by atoms with Crippen LogP contribution in [-0.2, 0) is 0 Å². The van der Waals surface area contributed by atoms with Gasteiger partial charge < -0.3 is 5.32 Å². The number of piperazine rings is 1. The Labute approximate surface area is 113 Å². The minimum Gasteiger partial charge on any atom is -0.314 e. The molecule has 1 fully saturated rings. The van der Waals surface area contributed by atoms with Crippen LogP contribution in [0.1, 0.15) is 31.4 Å². The molecule has 1 aliphatic heterocycles. The maximum atomic E-state index is 14.0. The van der Waals surface area contributed by atoms with Gasteiger partial charge in [0.25, 0.3) is 0 Å². The lowest BCUT2D eigenvalue weighted by Crippen LogP contribution is -2.45. The van der Waals surface area contributed by atoms with Crippen LogP contribution in [0.2, 0.25) is 5.02 Å². The van der Waals surface area contributed by atoms with Gasteiger partial charge in [0, 0.05) is 42.8 Å². The van der Waals surface area contributed by atoms with Crippen LogP contribution in [0.4, 0.5) is 4.39 Å². The maximum Gasteiger partial charge on any atom is 0.128 e. The van der Waals surface area contributed by atoms with Gasteiger partial charge in [-0.15, -0.1) is 0 Å². The molecule has 1 aromatic rings. The fourth-order valence-corrected chi connectivity index (χ4v) is 2.75. The van der Waals surface area contributed by atoms with Gasteiger partial charge in [-0.05, 0) is 24.6 Å². The number of rotatable bonds is 4. The van der Waals surface area contributed by atoms with Gasteiger partial charge in [-0.3, -0.25) is 4.90 Å². The van der Waals surface area contributed by atoms with E-state index in [0.29, 0.717) is 5.02 Å². The Morgan fingerprint density at radius 3 is 2.78 bits per heavy atom. The third kappa shape index (κ3) is 3.22. The van der Waals surface area contributed by atoms with Gasteiger partial charge in [0.05, 0.1) is 0 Å². The molecular formula is C14H20ClFN2. The summed E-state index contributed by atoms with van der Waals surface area (Å²) in [7, 11) is 0. The van der Waals surface area contributed by atoms with Crippen LogP contribution in [-0.4, -0.2) is 31.1 Å². The Kier molecular flexibility index (Phi) is 4.98. The maximum absolute atomic E-state index is 14.0. The summed E-state index contributed by atoms with van der Waals surface area (Å²) in [6.07, 6.45) is 2.01. The SMILES string of the molecule is CCC[C@@H](c1cc(Cl)ccc1F)N1CCNCC1. The highest BCUT2D eigenvalue weighted by molar-refractivity contribution is 6.30. The highest BCUT2D eigenvalue weighted by Crippen LogP contribution is 2.30. The second-order valence-electron chi connectivity index (χ2n) is 4.76. The monoisotopic (exact) mass is 270 g/mol. The van der Waals surface area contributed by atoms with Crippen molar-refractivity contribution in [2.24, 2.45) is 0 Å². The van der Waals surface area contributed by atoms with E-state index in [-0.39, 0.29) is 11.9 Å². The zero-order chi connectivity index (χ0) is 13.0. The van der Waals surface area contributed by atoms with Crippen LogP contribution in [0.25, 0.3) is 0 Å².